The van der Waals surface area contributed by atoms with Crippen molar-refractivity contribution < 1.29 is 24.2 Å². The highest BCUT2D eigenvalue weighted by molar-refractivity contribution is 5.73. The first-order valence-electron chi connectivity index (χ1n) is 6.93. The molecule has 0 aliphatic heterocycles. The van der Waals surface area contributed by atoms with Gasteiger partial charge in [-0.3, -0.25) is 4.79 Å². The molecule has 2 N–H and O–H groups in total. The third-order valence-electron chi connectivity index (χ3n) is 2.99. The monoisotopic (exact) mass is 309 g/mol. The Labute approximate surface area is 130 Å². The van der Waals surface area contributed by atoms with Crippen molar-refractivity contribution in [3.63, 3.8) is 0 Å². The van der Waals surface area contributed by atoms with E-state index >= 15 is 0 Å². The number of amides is 1. The minimum atomic E-state index is -1.11. The lowest BCUT2D eigenvalue weighted by atomic mass is 9.88. The summed E-state index contributed by atoms with van der Waals surface area (Å²) in [4.78, 5) is 23.2. The van der Waals surface area contributed by atoms with Crippen molar-refractivity contribution in [1.82, 2.24) is 5.32 Å². The Hall–Kier alpha value is -2.24. The van der Waals surface area contributed by atoms with Gasteiger partial charge < -0.3 is 19.9 Å². The topological polar surface area (TPSA) is 84.9 Å². The molecular weight excluding hydrogens is 286 g/mol. The van der Waals surface area contributed by atoms with Crippen LogP contribution in [0.1, 0.15) is 39.7 Å². The van der Waals surface area contributed by atoms with Gasteiger partial charge in [-0.05, 0) is 45.4 Å². The number of benzene rings is 1. The molecule has 1 rings (SSSR count). The molecule has 0 saturated carbocycles. The molecular formula is C16H23NO5. The lowest BCUT2D eigenvalue weighted by Crippen LogP contribution is -2.47. The molecule has 0 heterocycles. The van der Waals surface area contributed by atoms with Crippen LogP contribution in [0.25, 0.3) is 0 Å². The van der Waals surface area contributed by atoms with Crippen molar-refractivity contribution in [2.45, 2.75) is 45.3 Å². The highest BCUT2D eigenvalue weighted by atomic mass is 16.6. The minimum absolute atomic E-state index is 0.278. The van der Waals surface area contributed by atoms with Crippen LogP contribution in [0.4, 0.5) is 4.79 Å². The highest BCUT2D eigenvalue weighted by Crippen LogP contribution is 2.28. The number of hydrogen-bond acceptors (Lipinski definition) is 4. The van der Waals surface area contributed by atoms with Crippen molar-refractivity contribution in [3.05, 3.63) is 29.8 Å². The van der Waals surface area contributed by atoms with Gasteiger partial charge in [-0.15, -0.1) is 0 Å². The van der Waals surface area contributed by atoms with Gasteiger partial charge in [-0.1, -0.05) is 12.1 Å². The highest BCUT2D eigenvalue weighted by Gasteiger charge is 2.33. The maximum Gasteiger partial charge on any atom is 0.408 e. The Morgan fingerprint density at radius 1 is 1.23 bits per heavy atom. The second-order valence-electron chi connectivity index (χ2n) is 6.26. The Morgan fingerprint density at radius 3 is 2.36 bits per heavy atom. The molecule has 0 aromatic heterocycles. The molecule has 0 spiro atoms. The van der Waals surface area contributed by atoms with E-state index in [0.29, 0.717) is 11.3 Å². The van der Waals surface area contributed by atoms with E-state index in [-0.39, 0.29) is 6.42 Å². The number of carbonyl (C=O) groups excluding carboxylic acids is 1. The van der Waals surface area contributed by atoms with Gasteiger partial charge in [0.15, 0.2) is 0 Å². The van der Waals surface area contributed by atoms with Crippen molar-refractivity contribution >= 4 is 12.1 Å². The fraction of sp³-hybridized carbons (Fsp3) is 0.500. The zero-order chi connectivity index (χ0) is 17.0. The predicted octanol–water partition coefficient (Wildman–Crippen LogP) is 2.91. The number of methoxy groups -OCH3 is 1. The third-order valence-corrected chi connectivity index (χ3v) is 2.99. The van der Waals surface area contributed by atoms with Crippen LogP contribution >= 0.6 is 0 Å². The summed E-state index contributed by atoms with van der Waals surface area (Å²) in [5.74, 6) is -0.443. The number of carboxylic acids is 1. The van der Waals surface area contributed by atoms with E-state index in [4.69, 9.17) is 14.6 Å². The zero-order valence-corrected chi connectivity index (χ0v) is 13.6. The molecule has 1 amide bonds. The second-order valence-corrected chi connectivity index (χ2v) is 6.26. The number of nitrogens with one attached hydrogen (secondary N) is 1. The summed E-state index contributed by atoms with van der Waals surface area (Å²) in [5, 5.41) is 11.8. The van der Waals surface area contributed by atoms with E-state index in [1.54, 1.807) is 52.0 Å². The summed E-state index contributed by atoms with van der Waals surface area (Å²) < 4.78 is 10.4. The van der Waals surface area contributed by atoms with Gasteiger partial charge in [-0.25, -0.2) is 4.79 Å². The fourth-order valence-corrected chi connectivity index (χ4v) is 2.02. The lowest BCUT2D eigenvalue weighted by Gasteiger charge is -2.31. The van der Waals surface area contributed by atoms with Crippen molar-refractivity contribution in [2.24, 2.45) is 0 Å². The van der Waals surface area contributed by atoms with E-state index in [2.05, 4.69) is 5.32 Å². The normalized spacial score (nSPS) is 13.9. The van der Waals surface area contributed by atoms with Crippen LogP contribution in [0.3, 0.4) is 0 Å². The van der Waals surface area contributed by atoms with Gasteiger partial charge >= 0.3 is 12.1 Å². The fourth-order valence-electron chi connectivity index (χ4n) is 2.02. The summed E-state index contributed by atoms with van der Waals surface area (Å²) in [6.45, 7) is 6.87. The zero-order valence-electron chi connectivity index (χ0n) is 13.6. The Kier molecular flexibility index (Phi) is 5.41. The quantitative estimate of drug-likeness (QED) is 0.873. The number of aliphatic carboxylic acids is 1. The minimum Gasteiger partial charge on any atom is -0.497 e. The van der Waals surface area contributed by atoms with Gasteiger partial charge in [0.2, 0.25) is 0 Å². The van der Waals surface area contributed by atoms with Gasteiger partial charge in [-0.2, -0.15) is 0 Å². The van der Waals surface area contributed by atoms with Crippen LogP contribution in [0, 0.1) is 0 Å². The molecule has 6 heteroatoms. The van der Waals surface area contributed by atoms with Gasteiger partial charge in [0.05, 0.1) is 19.1 Å². The van der Waals surface area contributed by atoms with Crippen molar-refractivity contribution in [2.75, 3.05) is 7.11 Å². The molecule has 22 heavy (non-hydrogen) atoms. The number of ether oxygens (including phenoxy) is 2. The van der Waals surface area contributed by atoms with E-state index in [9.17, 15) is 9.59 Å². The molecule has 0 fully saturated rings. The largest absolute Gasteiger partial charge is 0.497 e. The second kappa shape index (κ2) is 6.68. The first-order valence-corrected chi connectivity index (χ1v) is 6.93. The molecule has 0 aliphatic rings. The van der Waals surface area contributed by atoms with E-state index in [0.717, 1.165) is 0 Å². The van der Waals surface area contributed by atoms with Crippen LogP contribution in [0.5, 0.6) is 5.75 Å². The molecule has 1 aromatic rings. The van der Waals surface area contributed by atoms with Crippen LogP contribution in [-0.2, 0) is 15.1 Å². The smallest absolute Gasteiger partial charge is 0.408 e. The first kappa shape index (κ1) is 17.8. The maximum atomic E-state index is 12.0. The van der Waals surface area contributed by atoms with Gasteiger partial charge in [0.1, 0.15) is 11.4 Å². The van der Waals surface area contributed by atoms with Crippen molar-refractivity contribution in [3.8, 4) is 5.75 Å². The van der Waals surface area contributed by atoms with Crippen LogP contribution in [0.2, 0.25) is 0 Å². The molecule has 0 aliphatic carbocycles. The first-order chi connectivity index (χ1) is 10.1. The van der Waals surface area contributed by atoms with Crippen LogP contribution in [0.15, 0.2) is 24.3 Å². The molecule has 1 unspecified atom stereocenters. The standard InChI is InChI=1S/C16H23NO5/c1-15(2,3)22-14(20)17-16(4,10-13(18)19)11-7-6-8-12(9-11)21-5/h6-9H,10H2,1-5H3,(H,17,20)(H,18,19). The number of carboxylic acid groups (broad SMARTS) is 1. The van der Waals surface area contributed by atoms with Crippen LogP contribution in [-0.4, -0.2) is 29.9 Å². The van der Waals surface area contributed by atoms with E-state index in [1.807, 2.05) is 0 Å². The summed E-state index contributed by atoms with van der Waals surface area (Å²) >= 11 is 0. The molecule has 122 valence electrons. The number of alkyl carbamates (subject to hydrolysis) is 1. The van der Waals surface area contributed by atoms with Crippen LogP contribution < -0.4 is 10.1 Å². The average Bonchev–Trinajstić information content (AvgIpc) is 2.35. The SMILES string of the molecule is COc1cccc(C(C)(CC(=O)O)NC(=O)OC(C)(C)C)c1. The summed E-state index contributed by atoms with van der Waals surface area (Å²) in [6.07, 6.45) is -0.946. The molecule has 6 nitrogen and oxygen atoms in total. The molecule has 1 atom stereocenters. The Balaban J connectivity index is 3.08. The van der Waals surface area contributed by atoms with E-state index in [1.165, 1.54) is 7.11 Å². The average molecular weight is 309 g/mol. The molecule has 0 radical (unpaired) electrons. The third kappa shape index (κ3) is 5.27. The molecule has 0 saturated heterocycles. The van der Waals surface area contributed by atoms with E-state index < -0.39 is 23.2 Å². The molecule has 0 bridgehead atoms. The number of carbonyl (C=O) groups is 2. The molecule has 1 aromatic carbocycles. The Bertz CT molecular complexity index is 550. The summed E-state index contributed by atoms with van der Waals surface area (Å²) in [6, 6.07) is 6.92. The van der Waals surface area contributed by atoms with Crippen molar-refractivity contribution in [1.29, 1.82) is 0 Å². The van der Waals surface area contributed by atoms with Gasteiger partial charge in [0, 0.05) is 0 Å². The van der Waals surface area contributed by atoms with Gasteiger partial charge in [0.25, 0.3) is 0 Å². The number of rotatable bonds is 5. The summed E-state index contributed by atoms with van der Waals surface area (Å²) in [5.41, 5.74) is -1.15. The Morgan fingerprint density at radius 2 is 1.86 bits per heavy atom. The predicted molar refractivity (Wildman–Crippen MR) is 82.0 cm³/mol. The lowest BCUT2D eigenvalue weighted by molar-refractivity contribution is -0.138. The summed E-state index contributed by atoms with van der Waals surface area (Å²) in [7, 11) is 1.52. The maximum absolute atomic E-state index is 12.0. The number of hydrogen-bond donors (Lipinski definition) is 2.